The van der Waals surface area contributed by atoms with Crippen LogP contribution < -0.4 is 10.6 Å². The van der Waals surface area contributed by atoms with Gasteiger partial charge in [-0.05, 0) is 56.0 Å². The first-order chi connectivity index (χ1) is 11.6. The molecule has 1 aliphatic heterocycles. The maximum atomic E-state index is 13.8. The van der Waals surface area contributed by atoms with Crippen LogP contribution in [-0.2, 0) is 0 Å². The summed E-state index contributed by atoms with van der Waals surface area (Å²) in [6, 6.07) is 4.96. The Morgan fingerprint density at radius 1 is 1.00 bits per heavy atom. The number of fused-ring (bicyclic) bond motifs is 1. The molecule has 126 valence electrons. The number of anilines is 1. The zero-order chi connectivity index (χ0) is 16.7. The summed E-state index contributed by atoms with van der Waals surface area (Å²) in [5.41, 5.74) is -0.128. The summed E-state index contributed by atoms with van der Waals surface area (Å²) in [7, 11) is 0. The predicted octanol–water partition coefficient (Wildman–Crippen LogP) is 2.97. The van der Waals surface area contributed by atoms with E-state index in [-0.39, 0.29) is 11.3 Å². The zero-order valence-corrected chi connectivity index (χ0v) is 12.9. The predicted molar refractivity (Wildman–Crippen MR) is 83.8 cm³/mol. The molecule has 4 rings (SSSR count). The van der Waals surface area contributed by atoms with Gasteiger partial charge in [0.25, 0.3) is 0 Å². The molecule has 0 radical (unpaired) electrons. The highest BCUT2D eigenvalue weighted by molar-refractivity contribution is 5.60. The third-order valence-corrected chi connectivity index (χ3v) is 4.94. The number of aromatic nitrogens is 2. The number of hydrogen-bond donors (Lipinski definition) is 2. The van der Waals surface area contributed by atoms with Crippen LogP contribution in [0.1, 0.15) is 12.8 Å². The van der Waals surface area contributed by atoms with E-state index in [2.05, 4.69) is 20.8 Å². The highest BCUT2D eigenvalue weighted by atomic mass is 19.2. The average molecular weight is 334 g/mol. The van der Waals surface area contributed by atoms with Crippen molar-refractivity contribution in [2.45, 2.75) is 18.9 Å². The molecule has 0 spiro atoms. The van der Waals surface area contributed by atoms with E-state index in [1.807, 2.05) is 0 Å². The molecule has 0 amide bonds. The molecule has 1 aromatic heterocycles. The van der Waals surface area contributed by atoms with Gasteiger partial charge in [-0.15, -0.1) is 10.2 Å². The van der Waals surface area contributed by atoms with Crippen LogP contribution in [0.4, 0.5) is 19.0 Å². The normalized spacial score (nSPS) is 25.7. The van der Waals surface area contributed by atoms with Gasteiger partial charge >= 0.3 is 0 Å². The Bertz CT molecular complexity index is 738. The van der Waals surface area contributed by atoms with Crippen molar-refractivity contribution in [1.29, 1.82) is 0 Å². The highest BCUT2D eigenvalue weighted by Gasteiger charge is 2.37. The van der Waals surface area contributed by atoms with Crippen LogP contribution in [0.15, 0.2) is 24.3 Å². The lowest BCUT2D eigenvalue weighted by molar-refractivity contribution is 0.494. The third kappa shape index (κ3) is 2.84. The lowest BCUT2D eigenvalue weighted by Gasteiger charge is -2.14. The lowest BCUT2D eigenvalue weighted by atomic mass is 10.0. The monoisotopic (exact) mass is 334 g/mol. The van der Waals surface area contributed by atoms with Gasteiger partial charge in [0.05, 0.1) is 5.69 Å². The van der Waals surface area contributed by atoms with Crippen molar-refractivity contribution in [1.82, 2.24) is 15.5 Å². The molecular formula is C17H17F3N4. The van der Waals surface area contributed by atoms with E-state index in [0.29, 0.717) is 29.8 Å². The van der Waals surface area contributed by atoms with Crippen molar-refractivity contribution in [3.05, 3.63) is 41.7 Å². The third-order valence-electron chi connectivity index (χ3n) is 4.94. The first kappa shape index (κ1) is 15.4. The first-order valence-electron chi connectivity index (χ1n) is 8.06. The van der Waals surface area contributed by atoms with Crippen LogP contribution in [0, 0.1) is 29.3 Å². The van der Waals surface area contributed by atoms with E-state index in [0.717, 1.165) is 32.0 Å². The van der Waals surface area contributed by atoms with Crippen LogP contribution in [0.25, 0.3) is 11.3 Å². The SMILES string of the molecule is Fc1cc(F)c(F)c(-c2ccc(NC3C[C@H]4CNC[C@H]4C3)nn2)c1. The Morgan fingerprint density at radius 2 is 1.75 bits per heavy atom. The molecule has 4 nitrogen and oxygen atoms in total. The molecule has 3 atom stereocenters. The highest BCUT2D eigenvalue weighted by Crippen LogP contribution is 2.35. The molecule has 24 heavy (non-hydrogen) atoms. The van der Waals surface area contributed by atoms with E-state index in [9.17, 15) is 13.2 Å². The minimum Gasteiger partial charge on any atom is -0.366 e. The van der Waals surface area contributed by atoms with Gasteiger partial charge in [0.15, 0.2) is 11.6 Å². The van der Waals surface area contributed by atoms with E-state index in [1.165, 1.54) is 6.07 Å². The minimum atomic E-state index is -1.24. The van der Waals surface area contributed by atoms with Crippen LogP contribution in [0.3, 0.4) is 0 Å². The maximum absolute atomic E-state index is 13.8. The number of hydrogen-bond acceptors (Lipinski definition) is 4. The van der Waals surface area contributed by atoms with E-state index in [4.69, 9.17) is 0 Å². The summed E-state index contributed by atoms with van der Waals surface area (Å²) in [4.78, 5) is 0. The molecule has 2 aromatic rings. The number of nitrogens with one attached hydrogen (secondary N) is 2. The van der Waals surface area contributed by atoms with E-state index >= 15 is 0 Å². The summed E-state index contributed by atoms with van der Waals surface area (Å²) in [6.07, 6.45) is 2.18. The summed E-state index contributed by atoms with van der Waals surface area (Å²) in [6.45, 7) is 2.13. The molecule has 2 heterocycles. The van der Waals surface area contributed by atoms with Crippen molar-refractivity contribution in [2.75, 3.05) is 18.4 Å². The molecule has 2 N–H and O–H groups in total. The zero-order valence-electron chi connectivity index (χ0n) is 12.9. The summed E-state index contributed by atoms with van der Waals surface area (Å²) in [5, 5.41) is 14.7. The number of benzene rings is 1. The Morgan fingerprint density at radius 3 is 2.42 bits per heavy atom. The van der Waals surface area contributed by atoms with Gasteiger partial charge in [0.1, 0.15) is 11.6 Å². The van der Waals surface area contributed by atoms with Crippen LogP contribution in [0.5, 0.6) is 0 Å². The molecule has 1 saturated carbocycles. The minimum absolute atomic E-state index is 0.101. The maximum Gasteiger partial charge on any atom is 0.168 e. The molecule has 7 heteroatoms. The fourth-order valence-corrected chi connectivity index (χ4v) is 3.79. The fourth-order valence-electron chi connectivity index (χ4n) is 3.79. The van der Waals surface area contributed by atoms with Gasteiger partial charge in [0, 0.05) is 17.7 Å². The molecule has 2 aliphatic rings. The standard InChI is InChI=1S/C17H17F3N4/c18-11-5-13(17(20)14(19)6-11)15-1-2-16(24-23-15)22-12-3-9-7-21-8-10(9)4-12/h1-2,5-6,9-10,12,21H,3-4,7-8H2,(H,22,24)/t9-,10+,12?. The quantitative estimate of drug-likeness (QED) is 0.848. The number of halogens is 3. The Balaban J connectivity index is 1.49. The largest absolute Gasteiger partial charge is 0.366 e. The fraction of sp³-hybridized carbons (Fsp3) is 0.412. The Kier molecular flexibility index (Phi) is 3.88. The lowest BCUT2D eigenvalue weighted by Crippen LogP contribution is -2.21. The van der Waals surface area contributed by atoms with Crippen LogP contribution in [-0.4, -0.2) is 29.3 Å². The van der Waals surface area contributed by atoms with Crippen LogP contribution in [0.2, 0.25) is 0 Å². The van der Waals surface area contributed by atoms with Crippen molar-refractivity contribution >= 4 is 5.82 Å². The van der Waals surface area contributed by atoms with Crippen LogP contribution >= 0.6 is 0 Å². The van der Waals surface area contributed by atoms with E-state index < -0.39 is 17.5 Å². The second-order valence-electron chi connectivity index (χ2n) is 6.54. The first-order valence-corrected chi connectivity index (χ1v) is 8.06. The van der Waals surface area contributed by atoms with Gasteiger partial charge in [0.2, 0.25) is 0 Å². The smallest absolute Gasteiger partial charge is 0.168 e. The van der Waals surface area contributed by atoms with Gasteiger partial charge in [-0.1, -0.05) is 0 Å². The van der Waals surface area contributed by atoms with Gasteiger partial charge < -0.3 is 10.6 Å². The second-order valence-corrected chi connectivity index (χ2v) is 6.54. The molecule has 1 aliphatic carbocycles. The molecule has 1 unspecified atom stereocenters. The number of rotatable bonds is 3. The van der Waals surface area contributed by atoms with Crippen molar-refractivity contribution in [2.24, 2.45) is 11.8 Å². The molecule has 1 saturated heterocycles. The van der Waals surface area contributed by atoms with Crippen molar-refractivity contribution in [3.8, 4) is 11.3 Å². The summed E-state index contributed by atoms with van der Waals surface area (Å²) < 4.78 is 40.4. The molecule has 2 fully saturated rings. The van der Waals surface area contributed by atoms with Gasteiger partial charge in [-0.3, -0.25) is 0 Å². The summed E-state index contributed by atoms with van der Waals surface area (Å²) >= 11 is 0. The summed E-state index contributed by atoms with van der Waals surface area (Å²) in [5.74, 6) is -1.20. The van der Waals surface area contributed by atoms with Gasteiger partial charge in [-0.25, -0.2) is 13.2 Å². The Hall–Kier alpha value is -2.15. The molecule has 0 bridgehead atoms. The van der Waals surface area contributed by atoms with Crippen molar-refractivity contribution < 1.29 is 13.2 Å². The molecular weight excluding hydrogens is 317 g/mol. The van der Waals surface area contributed by atoms with E-state index in [1.54, 1.807) is 6.07 Å². The van der Waals surface area contributed by atoms with Gasteiger partial charge in [-0.2, -0.15) is 0 Å². The second kappa shape index (κ2) is 6.05. The molecule has 1 aromatic carbocycles. The van der Waals surface area contributed by atoms with Crippen molar-refractivity contribution in [3.63, 3.8) is 0 Å². The average Bonchev–Trinajstić information content (AvgIpc) is 3.13. The number of nitrogens with zero attached hydrogens (tertiary/aromatic N) is 2. The topological polar surface area (TPSA) is 49.8 Å². The Labute approximate surface area is 137 Å².